The summed E-state index contributed by atoms with van der Waals surface area (Å²) in [5.74, 6) is 0. The fraction of sp³-hybridized carbons (Fsp3) is 0.226. The van der Waals surface area contributed by atoms with Gasteiger partial charge in [-0.3, -0.25) is 0 Å². The van der Waals surface area contributed by atoms with Gasteiger partial charge in [0.2, 0.25) is 0 Å². The second-order valence-corrected chi connectivity index (χ2v) is 37.6. The Kier molecular flexibility index (Phi) is 5.94. The van der Waals surface area contributed by atoms with Crippen LogP contribution < -0.4 is 7.74 Å². The van der Waals surface area contributed by atoms with Crippen molar-refractivity contribution in [2.45, 2.75) is 45.2 Å². The van der Waals surface area contributed by atoms with Crippen LogP contribution in [-0.4, -0.2) is 6.66 Å². The zero-order chi connectivity index (χ0) is 24.2. The third-order valence-corrected chi connectivity index (χ3v) is 40.7. The Hall–Kier alpha value is -1.61. The van der Waals surface area contributed by atoms with Gasteiger partial charge in [0.05, 0.1) is 0 Å². The van der Waals surface area contributed by atoms with Crippen molar-refractivity contribution in [1.29, 1.82) is 0 Å². The van der Waals surface area contributed by atoms with E-state index in [4.69, 9.17) is 18.6 Å². The van der Waals surface area contributed by atoms with E-state index in [9.17, 15) is 0 Å². The summed E-state index contributed by atoms with van der Waals surface area (Å²) >= 11 is -4.41. The van der Waals surface area contributed by atoms with Crippen LogP contribution in [0.2, 0.25) is 12.6 Å². The quantitative estimate of drug-likeness (QED) is 0.185. The second-order valence-electron chi connectivity index (χ2n) is 10.5. The molecule has 0 nitrogen and oxygen atoms in total. The molecule has 0 saturated carbocycles. The number of rotatable bonds is 6. The molecule has 4 aromatic rings. The molecule has 0 spiro atoms. The van der Waals surface area contributed by atoms with Crippen molar-refractivity contribution in [3.05, 3.63) is 107 Å². The average molecular weight is 550 g/mol. The van der Waals surface area contributed by atoms with Crippen LogP contribution in [0.4, 0.5) is 0 Å². The van der Waals surface area contributed by atoms with Gasteiger partial charge in [0.15, 0.2) is 0 Å². The van der Waals surface area contributed by atoms with Crippen molar-refractivity contribution in [2.75, 3.05) is 0 Å². The first-order valence-corrected chi connectivity index (χ1v) is 24.0. The van der Waals surface area contributed by atoms with Crippen molar-refractivity contribution in [1.82, 2.24) is 0 Å². The zero-order valence-electron chi connectivity index (χ0n) is 20.5. The minimum absolute atomic E-state index is 0.935. The molecule has 0 amide bonds. The third-order valence-electron chi connectivity index (χ3n) is 8.55. The van der Waals surface area contributed by atoms with Gasteiger partial charge in [0, 0.05) is 0 Å². The van der Waals surface area contributed by atoms with E-state index in [2.05, 4.69) is 98.4 Å². The first-order chi connectivity index (χ1) is 16.9. The molecule has 0 N–H and O–H groups in total. The molecule has 0 aromatic heterocycles. The Balaban J connectivity index is 1.62. The second kappa shape index (κ2) is 8.75. The predicted molar refractivity (Wildman–Crippen MR) is 153 cm³/mol. The van der Waals surface area contributed by atoms with Crippen LogP contribution in [0.25, 0.3) is 22.3 Å². The predicted octanol–water partition coefficient (Wildman–Crippen LogP) is 7.93. The molecule has 0 fully saturated rings. The first-order valence-electron chi connectivity index (χ1n) is 12.9. The summed E-state index contributed by atoms with van der Waals surface area (Å²) in [6.07, 6.45) is 4.26. The van der Waals surface area contributed by atoms with Crippen LogP contribution in [0.3, 0.4) is 0 Å². The van der Waals surface area contributed by atoms with Crippen LogP contribution in [0, 0.1) is 0 Å². The van der Waals surface area contributed by atoms with Crippen LogP contribution in [0.15, 0.2) is 84.9 Å². The van der Waals surface area contributed by atoms with Crippen LogP contribution in [-0.2, 0) is 25.3 Å². The topological polar surface area (TPSA) is 0 Å². The van der Waals surface area contributed by atoms with E-state index in [1.807, 2.05) is 0 Å². The minimum atomic E-state index is -4.41. The summed E-state index contributed by atoms with van der Waals surface area (Å²) < 4.78 is 2.61. The van der Waals surface area contributed by atoms with Crippen molar-refractivity contribution in [2.24, 2.45) is 0 Å². The van der Waals surface area contributed by atoms with Gasteiger partial charge in [0.1, 0.15) is 0 Å². The van der Waals surface area contributed by atoms with Gasteiger partial charge < -0.3 is 0 Å². The number of hydrogen-bond acceptors (Lipinski definition) is 0. The number of unbranched alkanes of at least 4 members (excludes halogenated alkanes) is 1. The maximum absolute atomic E-state index is 8.30. The van der Waals surface area contributed by atoms with Crippen molar-refractivity contribution < 1.29 is 12.4 Å². The molecule has 0 heterocycles. The Morgan fingerprint density at radius 2 is 1.11 bits per heavy atom. The Labute approximate surface area is 218 Å². The summed E-state index contributed by atoms with van der Waals surface area (Å²) in [6, 6.07) is 32.4. The average Bonchev–Trinajstić information content (AvgIpc) is 3.45. The standard InChI is InChI=1S/2C13H9.C5H13Si.2ClH.Ti/c2*1-3-7-12-10(5-1)9-11-6-2-4-8-13(11)12;1-3-4-5-6-2;;;/h2*1-5,7-8H,9H2;6H,3-5H2,1-2H3;2*1H;/q;;;;;+2/p-2. The Morgan fingerprint density at radius 3 is 1.60 bits per heavy atom. The van der Waals surface area contributed by atoms with Crippen LogP contribution in [0.1, 0.15) is 42.0 Å². The normalized spacial score (nSPS) is 15.5. The molecule has 0 radical (unpaired) electrons. The van der Waals surface area contributed by atoms with E-state index in [1.54, 1.807) is 0 Å². The number of hydrogen-bond donors (Lipinski definition) is 0. The molecule has 4 heteroatoms. The van der Waals surface area contributed by atoms with Crippen molar-refractivity contribution >= 4 is 33.0 Å². The SMILES string of the molecule is CCCC[SiH](C)[Ti]([Cl])([Cl])([c]1cccc2c1Cc1ccccc1-2)[c]1cccc2c1Cc1ccccc1-2. The molecule has 0 bridgehead atoms. The summed E-state index contributed by atoms with van der Waals surface area (Å²) in [5.41, 5.74) is 10.9. The van der Waals surface area contributed by atoms with E-state index in [0.29, 0.717) is 0 Å². The van der Waals surface area contributed by atoms with E-state index >= 15 is 0 Å². The van der Waals surface area contributed by atoms with Crippen LogP contribution in [0.5, 0.6) is 0 Å². The van der Waals surface area contributed by atoms with E-state index < -0.39 is 19.1 Å². The van der Waals surface area contributed by atoms with E-state index in [0.717, 1.165) is 12.8 Å². The monoisotopic (exact) mass is 549 g/mol. The molecule has 1 atom stereocenters. The van der Waals surface area contributed by atoms with Crippen molar-refractivity contribution in [3.8, 4) is 22.3 Å². The third kappa shape index (κ3) is 3.50. The van der Waals surface area contributed by atoms with Gasteiger partial charge in [-0.2, -0.15) is 0 Å². The fourth-order valence-electron chi connectivity index (χ4n) is 6.61. The molecule has 4 aromatic carbocycles. The van der Waals surface area contributed by atoms with Gasteiger partial charge in [-0.1, -0.05) is 0 Å². The van der Waals surface area contributed by atoms with E-state index in [-0.39, 0.29) is 0 Å². The summed E-state index contributed by atoms with van der Waals surface area (Å²) in [5, 5.41) is 0. The fourth-order valence-corrected chi connectivity index (χ4v) is 29.5. The molecule has 6 rings (SSSR count). The van der Waals surface area contributed by atoms with Crippen LogP contribution >= 0.6 is 18.6 Å². The molecule has 0 saturated heterocycles. The van der Waals surface area contributed by atoms with Gasteiger partial charge >= 0.3 is 220 Å². The molecule has 177 valence electrons. The molecule has 1 unspecified atom stereocenters. The molecular weight excluding hydrogens is 519 g/mol. The summed E-state index contributed by atoms with van der Waals surface area (Å²) in [6.45, 7) is 3.19. The molecule has 35 heavy (non-hydrogen) atoms. The Bertz CT molecular complexity index is 1360. The summed E-state index contributed by atoms with van der Waals surface area (Å²) in [7, 11) is 16.6. The first kappa shape index (κ1) is 23.8. The van der Waals surface area contributed by atoms with Gasteiger partial charge in [0.25, 0.3) is 0 Å². The zero-order valence-corrected chi connectivity index (χ0v) is 24.7. The molecule has 2 aliphatic rings. The number of fused-ring (bicyclic) bond motifs is 6. The van der Waals surface area contributed by atoms with E-state index in [1.165, 1.54) is 71.1 Å². The number of halogens is 2. The molecular formula is C31H31Cl2SiTi. The van der Waals surface area contributed by atoms with Gasteiger partial charge in [-0.15, -0.1) is 0 Å². The Morgan fingerprint density at radius 1 is 0.657 bits per heavy atom. The maximum atomic E-state index is 8.30. The van der Waals surface area contributed by atoms with Crippen molar-refractivity contribution in [3.63, 3.8) is 0 Å². The molecule has 0 aliphatic heterocycles. The summed E-state index contributed by atoms with van der Waals surface area (Å²) in [4.78, 5) is 0. The molecule has 2 aliphatic carbocycles. The van der Waals surface area contributed by atoms with Gasteiger partial charge in [-0.05, 0) is 0 Å². The number of benzene rings is 4. The van der Waals surface area contributed by atoms with Gasteiger partial charge in [-0.25, -0.2) is 0 Å².